The van der Waals surface area contributed by atoms with Crippen LogP contribution in [0.1, 0.15) is 0 Å². The molecule has 6 heteroatoms. The van der Waals surface area contributed by atoms with Gasteiger partial charge in [0.05, 0.1) is 11.2 Å². The normalized spacial score (nSPS) is 10.7. The highest BCUT2D eigenvalue weighted by molar-refractivity contribution is 5.91. The van der Waals surface area contributed by atoms with Gasteiger partial charge in [0, 0.05) is 24.2 Å². The summed E-state index contributed by atoms with van der Waals surface area (Å²) in [5, 5.41) is 3.53. The number of hydrogen-bond donors (Lipinski definition) is 2. The molecule has 2 heterocycles. The largest absolute Gasteiger partial charge is 0.384 e. The minimum atomic E-state index is -0.528. The summed E-state index contributed by atoms with van der Waals surface area (Å²) in [5.74, 6) is -0.111. The summed E-state index contributed by atoms with van der Waals surface area (Å²) in [6.45, 7) is 0. The van der Waals surface area contributed by atoms with Gasteiger partial charge in [-0.3, -0.25) is 0 Å². The van der Waals surface area contributed by atoms with Crippen LogP contribution in [0.3, 0.4) is 0 Å². The van der Waals surface area contributed by atoms with E-state index < -0.39 is 5.95 Å². The maximum atomic E-state index is 13.4. The second-order valence-electron chi connectivity index (χ2n) is 4.30. The van der Waals surface area contributed by atoms with Gasteiger partial charge in [0.1, 0.15) is 12.1 Å². The molecular weight excluding hydrogens is 257 g/mol. The summed E-state index contributed by atoms with van der Waals surface area (Å²) in [4.78, 5) is 11.9. The molecule has 0 aliphatic carbocycles. The number of hydrogen-bond acceptors (Lipinski definition) is 5. The van der Waals surface area contributed by atoms with Crippen LogP contribution in [0, 0.1) is 5.95 Å². The molecule has 0 atom stereocenters. The molecule has 0 amide bonds. The molecule has 100 valence electrons. The number of anilines is 2. The predicted octanol–water partition coefficient (Wildman–Crippen LogP) is 2.45. The first-order chi connectivity index (χ1) is 9.69. The first-order valence-corrected chi connectivity index (χ1v) is 6.03. The van der Waals surface area contributed by atoms with Crippen molar-refractivity contribution in [2.75, 3.05) is 18.1 Å². The number of fused-ring (bicyclic) bond motifs is 1. The fraction of sp³-hybridized carbons (Fsp3) is 0.0714. The smallest absolute Gasteiger partial charge is 0.236 e. The van der Waals surface area contributed by atoms with Gasteiger partial charge in [0.2, 0.25) is 5.95 Å². The molecule has 3 N–H and O–H groups in total. The van der Waals surface area contributed by atoms with Gasteiger partial charge >= 0.3 is 0 Å². The van der Waals surface area contributed by atoms with Crippen molar-refractivity contribution in [1.82, 2.24) is 15.0 Å². The fourth-order valence-electron chi connectivity index (χ4n) is 2.04. The molecule has 3 aromatic rings. The summed E-state index contributed by atoms with van der Waals surface area (Å²) < 4.78 is 13.4. The van der Waals surface area contributed by atoms with Crippen LogP contribution in [0.2, 0.25) is 0 Å². The van der Waals surface area contributed by atoms with E-state index in [1.807, 2.05) is 18.2 Å². The van der Waals surface area contributed by atoms with Gasteiger partial charge in [-0.15, -0.1) is 0 Å². The third-order valence-electron chi connectivity index (χ3n) is 3.11. The summed E-state index contributed by atoms with van der Waals surface area (Å²) in [6, 6.07) is 7.32. The standard InChI is InChI=1S/C14H12FN5/c1-17-12-5-9(6-18-13(12)15)8-2-3-11-10(4-8)14(16)20-7-19-11/h2-7,17H,1H3,(H2,16,19,20). The van der Waals surface area contributed by atoms with Gasteiger partial charge in [-0.2, -0.15) is 4.39 Å². The summed E-state index contributed by atoms with van der Waals surface area (Å²) >= 11 is 0. The van der Waals surface area contributed by atoms with Crippen molar-refractivity contribution in [3.63, 3.8) is 0 Å². The molecule has 20 heavy (non-hydrogen) atoms. The Bertz CT molecular complexity index is 788. The van der Waals surface area contributed by atoms with E-state index >= 15 is 0 Å². The van der Waals surface area contributed by atoms with E-state index in [1.54, 1.807) is 13.1 Å². The molecular formula is C14H12FN5. The van der Waals surface area contributed by atoms with Crippen LogP contribution in [-0.4, -0.2) is 22.0 Å². The van der Waals surface area contributed by atoms with Crippen molar-refractivity contribution >= 4 is 22.4 Å². The lowest BCUT2D eigenvalue weighted by molar-refractivity contribution is 0.588. The Morgan fingerprint density at radius 2 is 1.95 bits per heavy atom. The van der Waals surface area contributed by atoms with Crippen molar-refractivity contribution in [3.05, 3.63) is 42.7 Å². The number of nitrogens with one attached hydrogen (secondary N) is 1. The fourth-order valence-corrected chi connectivity index (χ4v) is 2.04. The van der Waals surface area contributed by atoms with Crippen molar-refractivity contribution in [3.8, 4) is 11.1 Å². The number of nitrogens with two attached hydrogens (primary N) is 1. The third-order valence-corrected chi connectivity index (χ3v) is 3.11. The summed E-state index contributed by atoms with van der Waals surface area (Å²) in [7, 11) is 1.65. The quantitative estimate of drug-likeness (QED) is 0.699. The molecule has 0 aliphatic heterocycles. The van der Waals surface area contributed by atoms with Crippen LogP contribution in [0.25, 0.3) is 22.0 Å². The molecule has 0 saturated heterocycles. The molecule has 0 fully saturated rings. The zero-order chi connectivity index (χ0) is 14.1. The lowest BCUT2D eigenvalue weighted by atomic mass is 10.0. The van der Waals surface area contributed by atoms with E-state index in [9.17, 15) is 4.39 Å². The van der Waals surface area contributed by atoms with Crippen LogP contribution in [0.4, 0.5) is 15.9 Å². The minimum Gasteiger partial charge on any atom is -0.384 e. The first-order valence-electron chi connectivity index (χ1n) is 6.03. The van der Waals surface area contributed by atoms with Crippen molar-refractivity contribution < 1.29 is 4.39 Å². The van der Waals surface area contributed by atoms with Crippen molar-refractivity contribution in [1.29, 1.82) is 0 Å². The van der Waals surface area contributed by atoms with E-state index in [1.165, 1.54) is 12.5 Å². The molecule has 0 spiro atoms. The molecule has 3 rings (SSSR count). The van der Waals surface area contributed by atoms with E-state index in [4.69, 9.17) is 5.73 Å². The SMILES string of the molecule is CNc1cc(-c2ccc3ncnc(N)c3c2)cnc1F. The number of benzene rings is 1. The Morgan fingerprint density at radius 1 is 1.10 bits per heavy atom. The van der Waals surface area contributed by atoms with Crippen molar-refractivity contribution in [2.24, 2.45) is 0 Å². The lowest BCUT2D eigenvalue weighted by Gasteiger charge is -2.07. The van der Waals surface area contributed by atoms with Crippen molar-refractivity contribution in [2.45, 2.75) is 0 Å². The Labute approximate surface area is 114 Å². The highest BCUT2D eigenvalue weighted by atomic mass is 19.1. The molecule has 0 radical (unpaired) electrons. The second-order valence-corrected chi connectivity index (χ2v) is 4.30. The Hall–Kier alpha value is -2.76. The van der Waals surface area contributed by atoms with E-state index in [-0.39, 0.29) is 0 Å². The molecule has 2 aromatic heterocycles. The number of nitrogens with zero attached hydrogens (tertiary/aromatic N) is 3. The van der Waals surface area contributed by atoms with Gasteiger partial charge in [0.25, 0.3) is 0 Å². The number of nitrogen functional groups attached to an aromatic ring is 1. The monoisotopic (exact) mass is 269 g/mol. The number of rotatable bonds is 2. The number of aromatic nitrogens is 3. The third kappa shape index (κ3) is 2.01. The second kappa shape index (κ2) is 4.73. The summed E-state index contributed by atoms with van der Waals surface area (Å²) in [5.41, 5.74) is 8.63. The topological polar surface area (TPSA) is 76.7 Å². The maximum absolute atomic E-state index is 13.4. The van der Waals surface area contributed by atoms with Gasteiger partial charge in [-0.05, 0) is 23.8 Å². The first kappa shape index (κ1) is 12.3. The van der Waals surface area contributed by atoms with Gasteiger partial charge in [-0.1, -0.05) is 6.07 Å². The Balaban J connectivity index is 2.17. The molecule has 0 bridgehead atoms. The zero-order valence-corrected chi connectivity index (χ0v) is 10.8. The zero-order valence-electron chi connectivity index (χ0n) is 10.8. The highest BCUT2D eigenvalue weighted by Gasteiger charge is 2.07. The molecule has 5 nitrogen and oxygen atoms in total. The maximum Gasteiger partial charge on any atom is 0.236 e. The van der Waals surface area contributed by atoms with Gasteiger partial charge < -0.3 is 11.1 Å². The molecule has 0 saturated carbocycles. The van der Waals surface area contributed by atoms with E-state index in [0.29, 0.717) is 11.5 Å². The molecule has 0 aliphatic rings. The number of halogens is 1. The van der Waals surface area contributed by atoms with Gasteiger partial charge in [-0.25, -0.2) is 15.0 Å². The highest BCUT2D eigenvalue weighted by Crippen LogP contribution is 2.27. The molecule has 0 unspecified atom stereocenters. The summed E-state index contributed by atoms with van der Waals surface area (Å²) in [6.07, 6.45) is 2.91. The Kier molecular flexibility index (Phi) is 2.90. The molecule has 1 aromatic carbocycles. The average Bonchev–Trinajstić information content (AvgIpc) is 2.48. The van der Waals surface area contributed by atoms with Crippen LogP contribution in [0.15, 0.2) is 36.8 Å². The predicted molar refractivity (Wildman–Crippen MR) is 76.7 cm³/mol. The Morgan fingerprint density at radius 3 is 2.75 bits per heavy atom. The average molecular weight is 269 g/mol. The van der Waals surface area contributed by atoms with Crippen LogP contribution in [0.5, 0.6) is 0 Å². The van der Waals surface area contributed by atoms with E-state index in [0.717, 1.165) is 22.0 Å². The number of pyridine rings is 1. The van der Waals surface area contributed by atoms with Crippen LogP contribution >= 0.6 is 0 Å². The van der Waals surface area contributed by atoms with Crippen LogP contribution < -0.4 is 11.1 Å². The lowest BCUT2D eigenvalue weighted by Crippen LogP contribution is -1.96. The van der Waals surface area contributed by atoms with Crippen LogP contribution in [-0.2, 0) is 0 Å². The minimum absolute atomic E-state index is 0.347. The van der Waals surface area contributed by atoms with E-state index in [2.05, 4.69) is 20.3 Å². The van der Waals surface area contributed by atoms with Gasteiger partial charge in [0.15, 0.2) is 0 Å².